The molecule has 4 rings (SSSR count). The fourth-order valence-corrected chi connectivity index (χ4v) is 4.49. The van der Waals surface area contributed by atoms with Gasteiger partial charge in [0.05, 0.1) is 22.2 Å². The molecule has 1 aromatic carbocycles. The Labute approximate surface area is 201 Å². The molecule has 2 amide bonds. The summed E-state index contributed by atoms with van der Waals surface area (Å²) in [5, 5.41) is 11.6. The van der Waals surface area contributed by atoms with Crippen LogP contribution >= 0.6 is 0 Å². The second kappa shape index (κ2) is 9.20. The van der Waals surface area contributed by atoms with Crippen molar-refractivity contribution in [2.45, 2.75) is 84.7 Å². The van der Waals surface area contributed by atoms with Gasteiger partial charge in [0.25, 0.3) is 11.8 Å². The van der Waals surface area contributed by atoms with Crippen LogP contribution in [0.5, 0.6) is 0 Å². The molecular formula is C27H35N5O2. The lowest BCUT2D eigenvalue weighted by Gasteiger charge is -2.20. The number of nitrogens with one attached hydrogen (secondary N) is 2. The van der Waals surface area contributed by atoms with Crippen molar-refractivity contribution in [3.8, 4) is 0 Å². The van der Waals surface area contributed by atoms with Gasteiger partial charge in [-0.3, -0.25) is 9.59 Å². The third kappa shape index (κ3) is 4.83. The van der Waals surface area contributed by atoms with Gasteiger partial charge in [0.1, 0.15) is 0 Å². The summed E-state index contributed by atoms with van der Waals surface area (Å²) in [5.41, 5.74) is 3.88. The van der Waals surface area contributed by atoms with Gasteiger partial charge in [-0.05, 0) is 76.8 Å². The highest BCUT2D eigenvalue weighted by Gasteiger charge is 2.25. The fraction of sp³-hybridized carbons (Fsp3) is 0.481. The van der Waals surface area contributed by atoms with Crippen molar-refractivity contribution in [3.05, 3.63) is 52.8 Å². The molecule has 7 nitrogen and oxygen atoms in total. The Hall–Kier alpha value is -3.22. The van der Waals surface area contributed by atoms with E-state index in [0.29, 0.717) is 16.8 Å². The highest BCUT2D eigenvalue weighted by molar-refractivity contribution is 6.12. The zero-order valence-electron chi connectivity index (χ0n) is 21.0. The van der Waals surface area contributed by atoms with Gasteiger partial charge < -0.3 is 10.6 Å². The van der Waals surface area contributed by atoms with E-state index in [2.05, 4.69) is 45.3 Å². The van der Waals surface area contributed by atoms with E-state index in [1.54, 1.807) is 24.3 Å². The number of carbonyl (C=O) groups is 2. The van der Waals surface area contributed by atoms with E-state index < -0.39 is 0 Å². The SMILES string of the molecule is Cc1nn(C(C)(C)C)c2nc(C(C)C)cc(C(=O)Nc3ccc(C(=O)NC4CCCC4)cc3)c12. The summed E-state index contributed by atoms with van der Waals surface area (Å²) in [6.07, 6.45) is 4.43. The summed E-state index contributed by atoms with van der Waals surface area (Å²) >= 11 is 0. The van der Waals surface area contributed by atoms with Crippen molar-refractivity contribution < 1.29 is 9.59 Å². The number of aromatic nitrogens is 3. The summed E-state index contributed by atoms with van der Waals surface area (Å²) < 4.78 is 1.90. The summed E-state index contributed by atoms with van der Waals surface area (Å²) in [5.74, 6) is -0.112. The number of fused-ring (bicyclic) bond motifs is 1. The second-order valence-corrected chi connectivity index (χ2v) is 10.6. The first-order chi connectivity index (χ1) is 16.0. The molecule has 0 saturated heterocycles. The van der Waals surface area contributed by atoms with Crippen LogP contribution in [-0.4, -0.2) is 32.6 Å². The molecule has 34 heavy (non-hydrogen) atoms. The van der Waals surface area contributed by atoms with Crippen LogP contribution in [0.15, 0.2) is 30.3 Å². The first kappa shape index (κ1) is 23.9. The molecule has 180 valence electrons. The Bertz CT molecular complexity index is 1210. The molecule has 1 aliphatic rings. The molecule has 0 radical (unpaired) electrons. The van der Waals surface area contributed by atoms with E-state index in [0.717, 1.165) is 35.3 Å². The number of amides is 2. The van der Waals surface area contributed by atoms with Gasteiger partial charge in [-0.2, -0.15) is 5.10 Å². The Morgan fingerprint density at radius 3 is 2.29 bits per heavy atom. The minimum Gasteiger partial charge on any atom is -0.349 e. The van der Waals surface area contributed by atoms with Crippen molar-refractivity contribution in [3.63, 3.8) is 0 Å². The van der Waals surface area contributed by atoms with Gasteiger partial charge in [-0.1, -0.05) is 26.7 Å². The number of benzene rings is 1. The van der Waals surface area contributed by atoms with Crippen LogP contribution < -0.4 is 10.6 Å². The molecule has 2 heterocycles. The number of hydrogen-bond acceptors (Lipinski definition) is 4. The van der Waals surface area contributed by atoms with Gasteiger partial charge >= 0.3 is 0 Å². The molecule has 3 aromatic rings. The van der Waals surface area contributed by atoms with Crippen LogP contribution in [0.4, 0.5) is 5.69 Å². The predicted molar refractivity (Wildman–Crippen MR) is 135 cm³/mol. The van der Waals surface area contributed by atoms with Crippen LogP contribution in [0.1, 0.15) is 98.3 Å². The highest BCUT2D eigenvalue weighted by atomic mass is 16.2. The average Bonchev–Trinajstić information content (AvgIpc) is 3.41. The van der Waals surface area contributed by atoms with Crippen molar-refractivity contribution >= 4 is 28.5 Å². The number of carbonyl (C=O) groups excluding carboxylic acids is 2. The van der Waals surface area contributed by atoms with Gasteiger partial charge in [0.2, 0.25) is 0 Å². The molecule has 0 aliphatic heterocycles. The van der Waals surface area contributed by atoms with E-state index in [9.17, 15) is 9.59 Å². The molecule has 2 aromatic heterocycles. The molecule has 0 spiro atoms. The van der Waals surface area contributed by atoms with Crippen LogP contribution in [0, 0.1) is 6.92 Å². The quantitative estimate of drug-likeness (QED) is 0.522. The number of pyridine rings is 1. The van der Waals surface area contributed by atoms with Crippen molar-refractivity contribution in [1.29, 1.82) is 0 Å². The molecule has 7 heteroatoms. The zero-order valence-corrected chi connectivity index (χ0v) is 21.0. The summed E-state index contributed by atoms with van der Waals surface area (Å²) in [4.78, 5) is 30.8. The minimum absolute atomic E-state index is 0.0626. The molecular weight excluding hydrogens is 426 g/mol. The number of anilines is 1. The summed E-state index contributed by atoms with van der Waals surface area (Å²) in [6, 6.07) is 9.19. The molecule has 1 aliphatic carbocycles. The summed E-state index contributed by atoms with van der Waals surface area (Å²) in [7, 11) is 0. The molecule has 0 atom stereocenters. The van der Waals surface area contributed by atoms with Crippen LogP contribution in [-0.2, 0) is 5.54 Å². The van der Waals surface area contributed by atoms with E-state index in [1.165, 1.54) is 12.8 Å². The highest BCUT2D eigenvalue weighted by Crippen LogP contribution is 2.29. The Balaban J connectivity index is 1.61. The first-order valence-electron chi connectivity index (χ1n) is 12.2. The molecule has 0 unspecified atom stereocenters. The van der Waals surface area contributed by atoms with Crippen molar-refractivity contribution in [2.24, 2.45) is 0 Å². The molecule has 0 bridgehead atoms. The topological polar surface area (TPSA) is 88.9 Å². The lowest BCUT2D eigenvalue weighted by molar-refractivity contribution is 0.0937. The van der Waals surface area contributed by atoms with Crippen LogP contribution in [0.3, 0.4) is 0 Å². The maximum Gasteiger partial charge on any atom is 0.256 e. The largest absolute Gasteiger partial charge is 0.349 e. The van der Waals surface area contributed by atoms with E-state index >= 15 is 0 Å². The monoisotopic (exact) mass is 461 g/mol. The van der Waals surface area contributed by atoms with Gasteiger partial charge in [0.15, 0.2) is 5.65 Å². The van der Waals surface area contributed by atoms with Gasteiger partial charge in [0, 0.05) is 23.0 Å². The van der Waals surface area contributed by atoms with Crippen LogP contribution in [0.25, 0.3) is 11.0 Å². The summed E-state index contributed by atoms with van der Waals surface area (Å²) in [6.45, 7) is 12.3. The second-order valence-electron chi connectivity index (χ2n) is 10.6. The lowest BCUT2D eigenvalue weighted by Crippen LogP contribution is -2.32. The normalized spacial score (nSPS) is 14.7. The number of nitrogens with zero attached hydrogens (tertiary/aromatic N) is 3. The van der Waals surface area contributed by atoms with E-state index in [4.69, 9.17) is 10.1 Å². The minimum atomic E-state index is -0.266. The fourth-order valence-electron chi connectivity index (χ4n) is 4.49. The Morgan fingerprint density at radius 2 is 1.71 bits per heavy atom. The number of aryl methyl sites for hydroxylation is 1. The first-order valence-corrected chi connectivity index (χ1v) is 12.2. The van der Waals surface area contributed by atoms with E-state index in [1.807, 2.05) is 17.7 Å². The zero-order chi connectivity index (χ0) is 24.6. The Kier molecular flexibility index (Phi) is 6.47. The molecule has 1 saturated carbocycles. The third-order valence-corrected chi connectivity index (χ3v) is 6.40. The molecule has 1 fully saturated rings. The average molecular weight is 462 g/mol. The Morgan fingerprint density at radius 1 is 1.06 bits per heavy atom. The predicted octanol–water partition coefficient (Wildman–Crippen LogP) is 5.54. The smallest absolute Gasteiger partial charge is 0.256 e. The lowest BCUT2D eigenvalue weighted by atomic mass is 10.0. The molecule has 2 N–H and O–H groups in total. The van der Waals surface area contributed by atoms with Crippen LogP contribution in [0.2, 0.25) is 0 Å². The standard InChI is InChI=1S/C27H35N5O2/c1-16(2)22-15-21(23-17(3)31-32(24(23)30-22)27(4,5)6)26(34)29-20-13-11-18(12-14-20)25(33)28-19-9-7-8-10-19/h11-16,19H,7-10H2,1-6H3,(H,28,33)(H,29,34). The third-order valence-electron chi connectivity index (χ3n) is 6.40. The van der Waals surface area contributed by atoms with Crippen molar-refractivity contribution in [2.75, 3.05) is 5.32 Å². The number of rotatable bonds is 5. The maximum absolute atomic E-state index is 13.4. The maximum atomic E-state index is 13.4. The van der Waals surface area contributed by atoms with Crippen molar-refractivity contribution in [1.82, 2.24) is 20.1 Å². The van der Waals surface area contributed by atoms with Gasteiger partial charge in [-0.25, -0.2) is 9.67 Å². The van der Waals surface area contributed by atoms with Gasteiger partial charge in [-0.15, -0.1) is 0 Å². The van der Waals surface area contributed by atoms with E-state index in [-0.39, 0.29) is 29.3 Å². The number of hydrogen-bond donors (Lipinski definition) is 2.